The van der Waals surface area contributed by atoms with E-state index in [0.29, 0.717) is 6.61 Å². The first-order valence-corrected chi connectivity index (χ1v) is 21.3. The van der Waals surface area contributed by atoms with Crippen LogP contribution in [0.15, 0.2) is 129 Å². The van der Waals surface area contributed by atoms with Gasteiger partial charge in [0, 0.05) is 25.3 Å². The Labute approximate surface area is 341 Å². The van der Waals surface area contributed by atoms with E-state index in [1.54, 1.807) is 49.6 Å². The van der Waals surface area contributed by atoms with Gasteiger partial charge in [-0.05, 0) is 126 Å². The van der Waals surface area contributed by atoms with Crippen molar-refractivity contribution in [3.05, 3.63) is 115 Å². The molecule has 57 heavy (non-hydrogen) atoms. The van der Waals surface area contributed by atoms with Gasteiger partial charge in [0.15, 0.2) is 21.5 Å². The normalized spacial score (nSPS) is 11.5. The van der Waals surface area contributed by atoms with E-state index in [9.17, 15) is 17.8 Å². The molecule has 0 aliphatic rings. The van der Waals surface area contributed by atoms with Crippen molar-refractivity contribution in [3.8, 4) is 27.8 Å². The maximum absolute atomic E-state index is 13.4. The van der Waals surface area contributed by atoms with Crippen LogP contribution < -0.4 is 19.1 Å². The summed E-state index contributed by atoms with van der Waals surface area (Å²) in [6.45, 7) is 10.1. The first-order valence-electron chi connectivity index (χ1n) is 17.9. The number of hydrogen-bond acceptors (Lipinski definition) is 11. The van der Waals surface area contributed by atoms with Gasteiger partial charge in [-0.3, -0.25) is 4.90 Å². The number of rotatable bonds is 12. The van der Waals surface area contributed by atoms with Crippen LogP contribution in [0, 0.1) is 6.92 Å². The van der Waals surface area contributed by atoms with Crippen molar-refractivity contribution in [2.45, 2.75) is 59.8 Å². The number of hydrogen-bond donors (Lipinski definition) is 0. The standard InChI is InChI=1S/C36H39N2O6S2.C7H8O3S/c1-8-42-23-43-27-14-19-30-32(22-27)45-34(37-30)24-9-20-31(38(5)35(39)44-36(2,3)4)33(21-24)46(28-15-10-25(40-6)11-16-28)29-17-12-26(41-7)13-18-29;1-6-2-4-7(5-3-6)11(8,9)10/h9-22H,8,23H2,1-7H3;2-5H,1H3,(H,8,9,10)/q+1;/p-1. The number of ether oxygens (including phenoxy) is 5. The number of amides is 1. The summed E-state index contributed by atoms with van der Waals surface area (Å²) >= 11 is 1.59. The third-order valence-electron chi connectivity index (χ3n) is 8.23. The second-order valence-electron chi connectivity index (χ2n) is 13.5. The lowest BCUT2D eigenvalue weighted by atomic mass is 10.2. The molecule has 0 spiro atoms. The van der Waals surface area contributed by atoms with Crippen molar-refractivity contribution in [3.63, 3.8) is 0 Å². The van der Waals surface area contributed by atoms with Crippen molar-refractivity contribution in [2.24, 2.45) is 0 Å². The number of anilines is 1. The maximum atomic E-state index is 13.4. The lowest BCUT2D eigenvalue weighted by molar-refractivity contribution is 0.0225. The quantitative estimate of drug-likeness (QED) is 0.0508. The Balaban J connectivity index is 0.000000486. The molecule has 0 aliphatic heterocycles. The number of fused-ring (bicyclic) bond motifs is 1. The summed E-state index contributed by atoms with van der Waals surface area (Å²) in [6, 6.07) is 33.8. The lowest BCUT2D eigenvalue weighted by Gasteiger charge is -2.25. The Morgan fingerprint density at radius 3 is 1.93 bits per heavy atom. The maximum Gasteiger partial charge on any atom is 0.414 e. The molecular weight excluding hydrogens is 785 g/mol. The van der Waals surface area contributed by atoms with Crippen LogP contribution in [-0.2, 0) is 30.5 Å². The lowest BCUT2D eigenvalue weighted by Crippen LogP contribution is -2.34. The van der Waals surface area contributed by atoms with E-state index in [0.717, 1.165) is 64.0 Å². The minimum atomic E-state index is -4.27. The van der Waals surface area contributed by atoms with E-state index in [2.05, 4.69) is 30.3 Å². The Kier molecular flexibility index (Phi) is 14.2. The first kappa shape index (κ1) is 43.0. The molecule has 1 aromatic heterocycles. The zero-order chi connectivity index (χ0) is 41.3. The van der Waals surface area contributed by atoms with Gasteiger partial charge in [-0.1, -0.05) is 17.7 Å². The highest BCUT2D eigenvalue weighted by molar-refractivity contribution is 7.97. The van der Waals surface area contributed by atoms with E-state index < -0.39 is 32.7 Å². The summed E-state index contributed by atoms with van der Waals surface area (Å²) in [7, 11) is 0.152. The summed E-state index contributed by atoms with van der Waals surface area (Å²) in [5.41, 5.74) is 2.84. The molecule has 0 saturated carbocycles. The van der Waals surface area contributed by atoms with Crippen LogP contribution in [0.3, 0.4) is 0 Å². The average molecular weight is 831 g/mol. The van der Waals surface area contributed by atoms with Gasteiger partial charge >= 0.3 is 6.09 Å². The molecular formula is C43H46N2O9S3. The molecule has 5 aromatic carbocycles. The molecule has 0 fully saturated rings. The van der Waals surface area contributed by atoms with Crippen molar-refractivity contribution >= 4 is 54.3 Å². The van der Waals surface area contributed by atoms with Crippen LogP contribution in [-0.4, -0.2) is 64.3 Å². The van der Waals surface area contributed by atoms with Crippen molar-refractivity contribution in [2.75, 3.05) is 39.6 Å². The summed E-state index contributed by atoms with van der Waals surface area (Å²) in [6.07, 6.45) is -0.436. The predicted octanol–water partition coefficient (Wildman–Crippen LogP) is 9.72. The van der Waals surface area contributed by atoms with Gasteiger partial charge in [-0.15, -0.1) is 11.3 Å². The Hall–Kier alpha value is -5.12. The molecule has 6 rings (SSSR count). The number of methoxy groups -OCH3 is 2. The molecule has 0 saturated heterocycles. The van der Waals surface area contributed by atoms with Gasteiger partial charge in [-0.25, -0.2) is 18.2 Å². The Morgan fingerprint density at radius 1 is 0.825 bits per heavy atom. The minimum Gasteiger partial charge on any atom is -0.744 e. The zero-order valence-electron chi connectivity index (χ0n) is 33.1. The van der Waals surface area contributed by atoms with Gasteiger partial charge in [0.2, 0.25) is 0 Å². The van der Waals surface area contributed by atoms with Gasteiger partial charge in [0.25, 0.3) is 0 Å². The molecule has 14 heteroatoms. The highest BCUT2D eigenvalue weighted by Crippen LogP contribution is 2.42. The van der Waals surface area contributed by atoms with E-state index in [1.165, 1.54) is 12.1 Å². The number of benzene rings is 5. The van der Waals surface area contributed by atoms with Gasteiger partial charge in [0.1, 0.15) is 54.6 Å². The molecule has 1 amide bonds. The molecule has 300 valence electrons. The molecule has 0 aliphatic carbocycles. The van der Waals surface area contributed by atoms with Crippen LogP contribution in [0.25, 0.3) is 20.8 Å². The number of nitrogens with zero attached hydrogens (tertiary/aromatic N) is 2. The summed E-state index contributed by atoms with van der Waals surface area (Å²) in [5, 5.41) is 0.859. The molecule has 0 unspecified atom stereocenters. The smallest absolute Gasteiger partial charge is 0.414 e. The second kappa shape index (κ2) is 18.9. The fourth-order valence-electron chi connectivity index (χ4n) is 5.35. The summed E-state index contributed by atoms with van der Waals surface area (Å²) < 4.78 is 60.0. The SMILES string of the molecule is CCOCOc1ccc2nc(-c3ccc(N(C)C(=O)OC(C)(C)C)c([S+](c4ccc(OC)cc4)c4ccc(OC)cc4)c3)sc2c1.Cc1ccc(S(=O)(=O)[O-])cc1. The second-order valence-corrected chi connectivity index (χ2v) is 18.0. The molecule has 0 N–H and O–H groups in total. The largest absolute Gasteiger partial charge is 0.744 e. The van der Waals surface area contributed by atoms with Crippen LogP contribution in [0.4, 0.5) is 10.5 Å². The molecule has 0 atom stereocenters. The highest BCUT2D eigenvalue weighted by Gasteiger charge is 2.35. The van der Waals surface area contributed by atoms with E-state index in [-0.39, 0.29) is 11.7 Å². The van der Waals surface area contributed by atoms with Gasteiger partial charge < -0.3 is 28.2 Å². The Morgan fingerprint density at radius 2 is 1.40 bits per heavy atom. The number of carbonyl (C=O) groups is 1. The summed E-state index contributed by atoms with van der Waals surface area (Å²) in [4.78, 5) is 22.8. The molecule has 11 nitrogen and oxygen atoms in total. The van der Waals surface area contributed by atoms with Crippen molar-refractivity contribution < 1.29 is 41.4 Å². The van der Waals surface area contributed by atoms with E-state index in [1.807, 2.05) is 89.2 Å². The fourth-order valence-corrected chi connectivity index (χ4v) is 9.06. The third kappa shape index (κ3) is 11.5. The third-order valence-corrected chi connectivity index (χ3v) is 12.4. The number of thiazole rings is 1. The van der Waals surface area contributed by atoms with Crippen molar-refractivity contribution in [1.82, 2.24) is 4.98 Å². The number of aromatic nitrogens is 1. The van der Waals surface area contributed by atoms with Gasteiger partial charge in [-0.2, -0.15) is 0 Å². The predicted molar refractivity (Wildman–Crippen MR) is 224 cm³/mol. The van der Waals surface area contributed by atoms with Gasteiger partial charge in [0.05, 0.1) is 29.3 Å². The minimum absolute atomic E-state index is 0.178. The molecule has 6 aromatic rings. The van der Waals surface area contributed by atoms with E-state index >= 15 is 0 Å². The van der Waals surface area contributed by atoms with Crippen LogP contribution in [0.5, 0.6) is 17.2 Å². The van der Waals surface area contributed by atoms with Crippen molar-refractivity contribution in [1.29, 1.82) is 0 Å². The number of aryl methyl sites for hydroxylation is 1. The van der Waals surface area contributed by atoms with E-state index in [4.69, 9.17) is 28.7 Å². The van der Waals surface area contributed by atoms with Crippen LogP contribution in [0.2, 0.25) is 0 Å². The number of carbonyl (C=O) groups excluding carboxylic acids is 1. The monoisotopic (exact) mass is 830 g/mol. The first-order chi connectivity index (χ1) is 27.1. The molecule has 0 radical (unpaired) electrons. The van der Waals surface area contributed by atoms with Crippen LogP contribution in [0.1, 0.15) is 33.3 Å². The van der Waals surface area contributed by atoms with Crippen LogP contribution >= 0.6 is 11.3 Å². The molecule has 0 bridgehead atoms. The topological polar surface area (TPSA) is 137 Å². The summed E-state index contributed by atoms with van der Waals surface area (Å²) in [5.74, 6) is 2.26. The average Bonchev–Trinajstić information content (AvgIpc) is 3.61. The Bertz CT molecular complexity index is 2330. The zero-order valence-corrected chi connectivity index (χ0v) is 35.5. The highest BCUT2D eigenvalue weighted by atomic mass is 32.2. The fraction of sp³-hybridized carbons (Fsp3) is 0.256. The molecule has 1 heterocycles.